The first-order valence-electron chi connectivity index (χ1n) is 27.5. The fourth-order valence-electron chi connectivity index (χ4n) is 12.0. The number of hydrogen-bond donors (Lipinski definition) is 5. The molecule has 2 amide bonds. The third-order valence-corrected chi connectivity index (χ3v) is 17.4. The summed E-state index contributed by atoms with van der Waals surface area (Å²) in [5.74, 6) is -4.42. The summed E-state index contributed by atoms with van der Waals surface area (Å²) in [4.78, 5) is 42.2. The minimum absolute atomic E-state index is 0.0177. The molecule has 84 heavy (non-hydrogen) atoms. The van der Waals surface area contributed by atoms with Gasteiger partial charge in [0.1, 0.15) is 76.2 Å². The molecule has 5 aromatic carbocycles. The van der Waals surface area contributed by atoms with Crippen LogP contribution in [0.25, 0.3) is 54.5 Å². The molecule has 7 heterocycles. The number of β-amino-alcohol motifs (C(OH)–C–C–N with tert-alkyl or cyclic N) is 1. The number of anilines is 2. The molecule has 8 aromatic rings. The number of aromatic nitrogens is 5. The number of fused-ring (bicyclic) bond motifs is 4. The Kier molecular flexibility index (Phi) is 15.6. The predicted octanol–water partition coefficient (Wildman–Crippen LogP) is 8.80. The van der Waals surface area contributed by atoms with Crippen LogP contribution in [0.1, 0.15) is 68.3 Å². The number of benzene rings is 5. The van der Waals surface area contributed by atoms with Crippen molar-refractivity contribution in [2.75, 3.05) is 50.1 Å². The maximum absolute atomic E-state index is 15.6. The normalized spacial score (nSPS) is 19.6. The number of halogens is 5. The van der Waals surface area contributed by atoms with Gasteiger partial charge in [-0.3, -0.25) is 9.59 Å². The first kappa shape index (κ1) is 56.5. The Morgan fingerprint density at radius 2 is 1.70 bits per heavy atom. The summed E-state index contributed by atoms with van der Waals surface area (Å²) in [6.07, 6.45) is 2.53. The third kappa shape index (κ3) is 10.7. The van der Waals surface area contributed by atoms with Crippen LogP contribution in [0.2, 0.25) is 5.02 Å². The van der Waals surface area contributed by atoms with Gasteiger partial charge >= 0.3 is 6.01 Å². The quantitative estimate of drug-likeness (QED) is 0.0568. The summed E-state index contributed by atoms with van der Waals surface area (Å²) in [6.45, 7) is 5.43. The van der Waals surface area contributed by atoms with Gasteiger partial charge in [0.05, 0.1) is 59.0 Å². The molecule has 4 saturated heterocycles. The highest BCUT2D eigenvalue weighted by atomic mass is 35.5. The molecule has 6 N–H and O–H groups in total. The summed E-state index contributed by atoms with van der Waals surface area (Å²) in [5.41, 5.74) is 9.48. The first-order valence-corrected chi connectivity index (χ1v) is 28.7. The summed E-state index contributed by atoms with van der Waals surface area (Å²) in [7, 11) is 0. The highest BCUT2D eigenvalue weighted by Gasteiger charge is 2.44. The zero-order chi connectivity index (χ0) is 58.7. The highest BCUT2D eigenvalue weighted by molar-refractivity contribution is 7.23. The lowest BCUT2D eigenvalue weighted by Gasteiger charge is -2.30. The van der Waals surface area contributed by atoms with Gasteiger partial charge in [-0.1, -0.05) is 85.3 Å². The maximum Gasteiger partial charge on any atom is 0.319 e. The fraction of sp³-hybridized carbons (Fsp3) is 0.350. The molecule has 434 valence electrons. The molecule has 12 rings (SSSR count). The van der Waals surface area contributed by atoms with Crippen molar-refractivity contribution >= 4 is 66.6 Å². The van der Waals surface area contributed by atoms with Crippen molar-refractivity contribution in [2.24, 2.45) is 5.92 Å². The van der Waals surface area contributed by atoms with Gasteiger partial charge in [-0.2, -0.15) is 15.2 Å². The Bertz CT molecular complexity index is 3870. The molecule has 24 heteroatoms. The smallest absolute Gasteiger partial charge is 0.319 e. The molecule has 4 aliphatic heterocycles. The number of rotatable bonds is 16. The molecule has 2 bridgehead atoms. The van der Waals surface area contributed by atoms with Crippen LogP contribution in [-0.2, 0) is 20.9 Å². The monoisotopic (exact) mass is 1190 g/mol. The van der Waals surface area contributed by atoms with E-state index in [0.717, 1.165) is 24.3 Å². The number of ether oxygens (including phenoxy) is 3. The number of carbonyl (C=O) groups excluding carboxylic acids is 2. The van der Waals surface area contributed by atoms with E-state index in [1.54, 1.807) is 18.3 Å². The van der Waals surface area contributed by atoms with Crippen molar-refractivity contribution in [3.05, 3.63) is 130 Å². The fourth-order valence-corrected chi connectivity index (χ4v) is 13.2. The lowest BCUT2D eigenvalue weighted by molar-refractivity contribution is -0.142. The van der Waals surface area contributed by atoms with E-state index in [2.05, 4.69) is 31.9 Å². The number of nitrogen functional groups attached to an aromatic ring is 1. The number of nitrogens with one attached hydrogen (secondary N) is 2. The Morgan fingerprint density at radius 1 is 0.964 bits per heavy atom. The second-order valence-electron chi connectivity index (χ2n) is 21.9. The molecule has 18 nitrogen and oxygen atoms in total. The number of hydrogen-bond acceptors (Lipinski definition) is 16. The Hall–Kier alpha value is -7.98. The number of nitrogens with two attached hydrogens (primary N) is 1. The molecule has 0 radical (unpaired) electrons. The van der Waals surface area contributed by atoms with Crippen molar-refractivity contribution in [1.82, 2.24) is 40.5 Å². The zero-order valence-electron chi connectivity index (χ0n) is 45.4. The number of piperazine rings is 1. The lowest BCUT2D eigenvalue weighted by Crippen LogP contribution is -2.50. The van der Waals surface area contributed by atoms with Gasteiger partial charge in [-0.05, 0) is 46.7 Å². The van der Waals surface area contributed by atoms with Crippen LogP contribution in [0.4, 0.5) is 28.4 Å². The standard InChI is InChI=1S/C60H56ClF4N11O7S/c1-29(2)53(59(80)75-25-37(78)20-48(75)58(79)69-47(27-77)32-7-9-33(10-8-32)49-44(64)17-34(62)18-45(49)65)76-26-46(72-73-76)31-5-3-30(4-6-31)28-82-54-51(39-11-12-43(63)55-50(39)41(22-66)56(67)84-55)42(61)21-40-52(54)70-60(83-38-13-15-81-16-14-38)71-57(40)74-24-35-19-36(74)23-68-35/h3-12,17-18,21,26,29,35-38,47-48,53,68,77-78H,13-16,19-20,23-25,27-28,67H2,1-2H3,(H,69,79)/t35-,36-,37+,47-,48-,53-/m0/s1. The maximum atomic E-state index is 15.6. The average molecular weight is 1190 g/mol. The molecule has 4 aliphatic rings. The number of thiophene rings is 1. The SMILES string of the molecule is CC(C)[C@@H](C(=O)N1C[C@H](O)C[C@H]1C(=O)N[C@@H](CO)c1ccc(-c2c(F)cc(F)cc2F)cc1)n1cc(-c2ccc(COc3c(-c4ccc(F)c5sc(N)c(C#N)c45)c(Cl)cc4c(N5C[C@@H]6C[C@H]5CN6)nc(OC5CCOCC5)nc34)cc2)nn1. The van der Waals surface area contributed by atoms with Crippen LogP contribution < -0.4 is 30.7 Å². The predicted molar refractivity (Wildman–Crippen MR) is 306 cm³/mol. The number of aliphatic hydroxyl groups excluding tert-OH is 2. The molecular weight excluding hydrogens is 1130 g/mol. The van der Waals surface area contributed by atoms with E-state index in [1.807, 2.05) is 38.1 Å². The second kappa shape index (κ2) is 23.2. The van der Waals surface area contributed by atoms with Crippen molar-refractivity contribution in [2.45, 2.75) is 88.6 Å². The number of carbonyl (C=O) groups is 2. The second-order valence-corrected chi connectivity index (χ2v) is 23.3. The molecule has 0 unspecified atom stereocenters. The van der Waals surface area contributed by atoms with E-state index in [4.69, 9.17) is 41.5 Å². The number of amides is 2. The Balaban J connectivity index is 0.812. The van der Waals surface area contributed by atoms with Gasteiger partial charge in [-0.25, -0.2) is 22.2 Å². The highest BCUT2D eigenvalue weighted by Crippen LogP contribution is 2.50. The molecule has 0 aliphatic carbocycles. The topological polar surface area (TPSA) is 239 Å². The number of likely N-dealkylation sites (tertiary alicyclic amines) is 1. The van der Waals surface area contributed by atoms with E-state index in [0.29, 0.717) is 100 Å². The van der Waals surface area contributed by atoms with Gasteiger partial charge in [0.25, 0.3) is 0 Å². The Morgan fingerprint density at radius 3 is 2.38 bits per heavy atom. The van der Waals surface area contributed by atoms with E-state index in [1.165, 1.54) is 39.9 Å². The van der Waals surface area contributed by atoms with Gasteiger partial charge < -0.3 is 50.6 Å². The Labute approximate surface area is 487 Å². The molecule has 6 atom stereocenters. The number of nitrogens with zero attached hydrogens (tertiary/aromatic N) is 8. The van der Waals surface area contributed by atoms with Crippen LogP contribution in [0.15, 0.2) is 85.1 Å². The van der Waals surface area contributed by atoms with Crippen molar-refractivity contribution < 1.29 is 51.6 Å². The molecule has 3 aromatic heterocycles. The summed E-state index contributed by atoms with van der Waals surface area (Å²) >= 11 is 8.37. The first-order chi connectivity index (χ1) is 40.5. The molecular formula is C60H56ClF4N11O7S. The summed E-state index contributed by atoms with van der Waals surface area (Å²) in [6, 6.07) is 18.5. The van der Waals surface area contributed by atoms with Gasteiger partial charge in [0.2, 0.25) is 11.8 Å². The zero-order valence-corrected chi connectivity index (χ0v) is 46.9. The molecule has 0 saturated carbocycles. The minimum Gasteiger partial charge on any atom is -0.486 e. The van der Waals surface area contributed by atoms with E-state index < -0.39 is 71.5 Å². The molecule has 0 spiro atoms. The largest absolute Gasteiger partial charge is 0.486 e. The van der Waals surface area contributed by atoms with Crippen LogP contribution in [0.5, 0.6) is 11.8 Å². The van der Waals surface area contributed by atoms with E-state index in [9.17, 15) is 38.2 Å². The summed E-state index contributed by atoms with van der Waals surface area (Å²) < 4.78 is 79.0. The number of aliphatic hydroxyl groups is 2. The lowest BCUT2D eigenvalue weighted by atomic mass is 9.96. The third-order valence-electron chi connectivity index (χ3n) is 16.1. The summed E-state index contributed by atoms with van der Waals surface area (Å²) in [5, 5.41) is 48.1. The van der Waals surface area contributed by atoms with Crippen molar-refractivity contribution in [3.63, 3.8) is 0 Å². The van der Waals surface area contributed by atoms with Crippen molar-refractivity contribution in [3.8, 4) is 51.3 Å². The van der Waals surface area contributed by atoms with Crippen LogP contribution in [0.3, 0.4) is 0 Å². The van der Waals surface area contributed by atoms with E-state index in [-0.39, 0.29) is 81.3 Å². The van der Waals surface area contributed by atoms with E-state index >= 15 is 4.39 Å². The van der Waals surface area contributed by atoms with Crippen molar-refractivity contribution in [1.29, 1.82) is 5.26 Å². The van der Waals surface area contributed by atoms with Gasteiger partial charge in [0, 0.05) is 85.0 Å². The van der Waals surface area contributed by atoms with Crippen LogP contribution in [-0.4, -0.2) is 122 Å². The number of nitriles is 1. The molecule has 4 fully saturated rings. The average Bonchev–Trinajstić information content (AvgIpc) is 2.82. The van der Waals surface area contributed by atoms with Gasteiger partial charge in [-0.15, -0.1) is 16.4 Å². The van der Waals surface area contributed by atoms with Crippen LogP contribution in [0, 0.1) is 40.5 Å². The van der Waals surface area contributed by atoms with Gasteiger partial charge in [0.15, 0.2) is 5.75 Å². The minimum atomic E-state index is -1.14. The van der Waals surface area contributed by atoms with Crippen LogP contribution >= 0.6 is 22.9 Å².